The molecular weight excluding hydrogens is 176 g/mol. The smallest absolute Gasteiger partial charge is 0.0957 e. The fourth-order valence-electron chi connectivity index (χ4n) is 0.579. The van der Waals surface area contributed by atoms with Crippen LogP contribution in [0.15, 0.2) is 0 Å². The summed E-state index contributed by atoms with van der Waals surface area (Å²) in [6, 6.07) is 0. The lowest BCUT2D eigenvalue weighted by molar-refractivity contribution is -0.400. The van der Waals surface area contributed by atoms with E-state index >= 15 is 0 Å². The van der Waals surface area contributed by atoms with Crippen molar-refractivity contribution in [2.75, 3.05) is 33.0 Å². The monoisotopic (exact) mass is 194 g/mol. The van der Waals surface area contributed by atoms with Gasteiger partial charge in [0.1, 0.15) is 0 Å². The molecule has 13 heavy (non-hydrogen) atoms. The Balaban J connectivity index is 3.47. The van der Waals surface area contributed by atoms with Crippen LogP contribution < -0.4 is 5.43 Å². The average Bonchev–Trinajstić information content (AvgIpc) is 2.17. The second kappa shape index (κ2) is 9.85. The first-order chi connectivity index (χ1) is 6.35. The highest BCUT2D eigenvalue weighted by Gasteiger charge is 2.03. The number of hydrogen-bond acceptors (Lipinski definition) is 6. The number of nitrogens with zero attached hydrogens (tertiary/aromatic N) is 1. The van der Waals surface area contributed by atoms with Gasteiger partial charge >= 0.3 is 0 Å². The lowest BCUT2D eigenvalue weighted by Gasteiger charge is -2.20. The second-order valence-electron chi connectivity index (χ2n) is 2.28. The summed E-state index contributed by atoms with van der Waals surface area (Å²) in [6.45, 7) is 2.87. The van der Waals surface area contributed by atoms with E-state index in [9.17, 15) is 0 Å². The van der Waals surface area contributed by atoms with Gasteiger partial charge < -0.3 is 10.2 Å². The van der Waals surface area contributed by atoms with E-state index < -0.39 is 0 Å². The van der Waals surface area contributed by atoms with Crippen molar-refractivity contribution in [1.82, 2.24) is 10.8 Å². The zero-order valence-corrected chi connectivity index (χ0v) is 7.90. The molecule has 0 aromatic heterocycles. The van der Waals surface area contributed by atoms with Gasteiger partial charge in [0, 0.05) is 11.9 Å². The Labute approximate surface area is 77.9 Å². The summed E-state index contributed by atoms with van der Waals surface area (Å²) in [6.07, 6.45) is 0.932. The van der Waals surface area contributed by atoms with Crippen LogP contribution in [0, 0.1) is 0 Å². The number of rotatable bonds is 9. The Hall–Kier alpha value is -0.240. The zero-order valence-electron chi connectivity index (χ0n) is 7.90. The average molecular weight is 194 g/mol. The zero-order chi connectivity index (χ0) is 9.94. The molecule has 0 aromatic carbocycles. The van der Waals surface area contributed by atoms with Gasteiger partial charge in [-0.2, -0.15) is 0 Å². The highest BCUT2D eigenvalue weighted by atomic mass is 17.0. The van der Waals surface area contributed by atoms with E-state index in [-0.39, 0.29) is 26.4 Å². The van der Waals surface area contributed by atoms with Gasteiger partial charge in [-0.3, -0.25) is 9.68 Å². The molecule has 80 valence electrons. The van der Waals surface area contributed by atoms with E-state index in [2.05, 4.69) is 5.43 Å². The first-order valence-electron chi connectivity index (χ1n) is 4.36. The number of hydrazine groups is 1. The normalized spacial score (nSPS) is 11.1. The molecule has 0 heterocycles. The summed E-state index contributed by atoms with van der Waals surface area (Å²) in [7, 11) is 0. The van der Waals surface area contributed by atoms with Crippen LogP contribution in [0.1, 0.15) is 13.3 Å². The topological polar surface area (TPSA) is 74.2 Å². The summed E-state index contributed by atoms with van der Waals surface area (Å²) in [5.41, 5.74) is 2.81. The molecule has 0 saturated heterocycles. The fourth-order valence-corrected chi connectivity index (χ4v) is 0.579. The molecule has 0 radical (unpaired) electrons. The molecule has 0 aliphatic heterocycles. The van der Waals surface area contributed by atoms with E-state index in [0.717, 1.165) is 11.8 Å². The molecule has 0 rings (SSSR count). The SMILES string of the molecule is CCCNN(OCCO)OCCO. The van der Waals surface area contributed by atoms with Gasteiger partial charge in [0.15, 0.2) is 0 Å². The van der Waals surface area contributed by atoms with E-state index in [1.807, 2.05) is 6.92 Å². The molecule has 6 nitrogen and oxygen atoms in total. The molecule has 0 aromatic rings. The summed E-state index contributed by atoms with van der Waals surface area (Å²) >= 11 is 0. The molecule has 0 aliphatic carbocycles. The Kier molecular flexibility index (Phi) is 9.66. The first-order valence-corrected chi connectivity index (χ1v) is 4.36. The van der Waals surface area contributed by atoms with E-state index in [4.69, 9.17) is 19.9 Å². The highest BCUT2D eigenvalue weighted by molar-refractivity contribution is 4.30. The largest absolute Gasteiger partial charge is 0.394 e. The van der Waals surface area contributed by atoms with Crippen molar-refractivity contribution in [2.45, 2.75) is 13.3 Å². The van der Waals surface area contributed by atoms with Crippen molar-refractivity contribution in [3.8, 4) is 0 Å². The van der Waals surface area contributed by atoms with Crippen LogP contribution in [0.5, 0.6) is 0 Å². The second-order valence-corrected chi connectivity index (χ2v) is 2.28. The quantitative estimate of drug-likeness (QED) is 0.411. The highest BCUT2D eigenvalue weighted by Crippen LogP contribution is 1.87. The standard InChI is InChI=1S/C7H18N2O4/c1-2-3-8-9(12-6-4-10)13-7-5-11/h8,10-11H,2-7H2,1H3. The number of aliphatic hydroxyl groups excluding tert-OH is 2. The molecule has 0 saturated carbocycles. The van der Waals surface area contributed by atoms with Crippen molar-refractivity contribution in [1.29, 1.82) is 0 Å². The minimum atomic E-state index is -0.0766. The maximum Gasteiger partial charge on any atom is 0.0957 e. The van der Waals surface area contributed by atoms with Gasteiger partial charge in [0.25, 0.3) is 0 Å². The van der Waals surface area contributed by atoms with Crippen molar-refractivity contribution in [3.63, 3.8) is 0 Å². The van der Waals surface area contributed by atoms with Gasteiger partial charge in [0.05, 0.1) is 26.4 Å². The molecule has 0 spiro atoms. The van der Waals surface area contributed by atoms with Crippen LogP contribution in [0.4, 0.5) is 0 Å². The maximum atomic E-state index is 8.48. The van der Waals surface area contributed by atoms with Gasteiger partial charge in [-0.25, -0.2) is 5.43 Å². The molecule has 0 atom stereocenters. The molecule has 0 bridgehead atoms. The Morgan fingerprint density at radius 2 is 1.69 bits per heavy atom. The summed E-state index contributed by atoms with van der Waals surface area (Å²) in [5, 5.41) is 18.0. The van der Waals surface area contributed by atoms with Crippen LogP contribution in [-0.4, -0.2) is 48.5 Å². The van der Waals surface area contributed by atoms with E-state index in [1.54, 1.807) is 0 Å². The molecule has 6 heteroatoms. The van der Waals surface area contributed by atoms with Crippen molar-refractivity contribution < 1.29 is 19.9 Å². The summed E-state index contributed by atoms with van der Waals surface area (Å²) in [5.74, 6) is 0. The fraction of sp³-hybridized carbons (Fsp3) is 1.00. The van der Waals surface area contributed by atoms with Gasteiger partial charge in [-0.1, -0.05) is 6.92 Å². The van der Waals surface area contributed by atoms with Gasteiger partial charge in [-0.05, 0) is 6.42 Å². The van der Waals surface area contributed by atoms with Crippen LogP contribution >= 0.6 is 0 Å². The molecule has 3 N–H and O–H groups in total. The Bertz CT molecular complexity index is 85.5. The molecular formula is C7H18N2O4. The number of nitrogens with one attached hydrogen (secondary N) is 1. The minimum absolute atomic E-state index is 0.0766. The van der Waals surface area contributed by atoms with Gasteiger partial charge in [-0.15, -0.1) is 0 Å². The van der Waals surface area contributed by atoms with Crippen molar-refractivity contribution in [3.05, 3.63) is 0 Å². The molecule has 0 amide bonds. The van der Waals surface area contributed by atoms with Crippen LogP contribution in [-0.2, 0) is 9.68 Å². The molecule has 0 aliphatic rings. The first kappa shape index (κ1) is 12.8. The third-order valence-electron chi connectivity index (χ3n) is 1.09. The molecule has 0 fully saturated rings. The Morgan fingerprint density at radius 1 is 1.15 bits per heavy atom. The third-order valence-corrected chi connectivity index (χ3v) is 1.09. The third kappa shape index (κ3) is 8.10. The maximum absolute atomic E-state index is 8.48. The number of aliphatic hydroxyl groups is 2. The van der Waals surface area contributed by atoms with Crippen LogP contribution in [0.3, 0.4) is 0 Å². The predicted molar refractivity (Wildman–Crippen MR) is 46.2 cm³/mol. The lowest BCUT2D eigenvalue weighted by atomic mass is 10.5. The summed E-state index contributed by atoms with van der Waals surface area (Å²) < 4.78 is 0. The predicted octanol–water partition coefficient (Wildman–Crippen LogP) is -0.949. The summed E-state index contributed by atoms with van der Waals surface area (Å²) in [4.78, 5) is 9.87. The van der Waals surface area contributed by atoms with Crippen LogP contribution in [0.2, 0.25) is 0 Å². The van der Waals surface area contributed by atoms with Crippen molar-refractivity contribution in [2.24, 2.45) is 0 Å². The van der Waals surface area contributed by atoms with Crippen molar-refractivity contribution >= 4 is 0 Å². The van der Waals surface area contributed by atoms with Crippen LogP contribution in [0.25, 0.3) is 0 Å². The van der Waals surface area contributed by atoms with E-state index in [0.29, 0.717) is 6.54 Å². The van der Waals surface area contributed by atoms with E-state index in [1.165, 1.54) is 0 Å². The van der Waals surface area contributed by atoms with Gasteiger partial charge in [0.2, 0.25) is 0 Å². The number of hydrogen-bond donors (Lipinski definition) is 3. The lowest BCUT2D eigenvalue weighted by Crippen LogP contribution is -2.39. The molecule has 0 unspecified atom stereocenters. The minimum Gasteiger partial charge on any atom is -0.394 e. The Morgan fingerprint density at radius 3 is 2.08 bits per heavy atom.